The van der Waals surface area contributed by atoms with Gasteiger partial charge in [-0.1, -0.05) is 18.2 Å². The van der Waals surface area contributed by atoms with Crippen molar-refractivity contribution in [2.75, 3.05) is 6.54 Å². The molecule has 0 spiro atoms. The SMILES string of the molecule is NCCc1ccccc1SCc1ccco1. The van der Waals surface area contributed by atoms with E-state index in [-0.39, 0.29) is 0 Å². The van der Waals surface area contributed by atoms with Crippen LogP contribution in [0.4, 0.5) is 0 Å². The van der Waals surface area contributed by atoms with Crippen molar-refractivity contribution in [1.29, 1.82) is 0 Å². The van der Waals surface area contributed by atoms with Gasteiger partial charge in [0.2, 0.25) is 0 Å². The number of hydrogen-bond donors (Lipinski definition) is 1. The molecular formula is C13H15NOS. The van der Waals surface area contributed by atoms with Crippen LogP contribution in [0.15, 0.2) is 52.0 Å². The van der Waals surface area contributed by atoms with Crippen LogP contribution in [0.1, 0.15) is 11.3 Å². The lowest BCUT2D eigenvalue weighted by molar-refractivity contribution is 0.530. The van der Waals surface area contributed by atoms with E-state index in [0.29, 0.717) is 6.54 Å². The van der Waals surface area contributed by atoms with Gasteiger partial charge in [-0.25, -0.2) is 0 Å². The molecule has 2 aromatic rings. The standard InChI is InChI=1S/C13H15NOS/c14-8-7-11-4-1-2-6-13(11)16-10-12-5-3-9-15-12/h1-6,9H,7-8,10,14H2. The molecule has 0 bridgehead atoms. The Morgan fingerprint density at radius 2 is 2.00 bits per heavy atom. The molecule has 0 fully saturated rings. The van der Waals surface area contributed by atoms with Crippen molar-refractivity contribution >= 4 is 11.8 Å². The Balaban J connectivity index is 2.03. The molecule has 0 aliphatic heterocycles. The van der Waals surface area contributed by atoms with Crippen LogP contribution in [-0.4, -0.2) is 6.54 Å². The minimum absolute atomic E-state index is 0.693. The Labute approximate surface area is 99.8 Å². The van der Waals surface area contributed by atoms with Gasteiger partial charge in [-0.3, -0.25) is 0 Å². The number of furan rings is 1. The first-order valence-corrected chi connectivity index (χ1v) is 6.32. The number of nitrogens with two attached hydrogens (primary N) is 1. The van der Waals surface area contributed by atoms with Gasteiger partial charge in [-0.2, -0.15) is 0 Å². The summed E-state index contributed by atoms with van der Waals surface area (Å²) in [6.45, 7) is 0.693. The van der Waals surface area contributed by atoms with Crippen molar-refractivity contribution in [3.8, 4) is 0 Å². The second-order valence-corrected chi connectivity index (χ2v) is 4.53. The van der Waals surface area contributed by atoms with Crippen LogP contribution >= 0.6 is 11.8 Å². The molecule has 0 saturated carbocycles. The molecule has 84 valence electrons. The normalized spacial score (nSPS) is 10.6. The monoisotopic (exact) mass is 233 g/mol. The van der Waals surface area contributed by atoms with E-state index in [1.54, 1.807) is 18.0 Å². The molecule has 0 atom stereocenters. The van der Waals surface area contributed by atoms with Crippen molar-refractivity contribution in [2.45, 2.75) is 17.1 Å². The molecule has 0 radical (unpaired) electrons. The van der Waals surface area contributed by atoms with E-state index in [0.717, 1.165) is 17.9 Å². The van der Waals surface area contributed by atoms with Crippen molar-refractivity contribution < 1.29 is 4.42 Å². The topological polar surface area (TPSA) is 39.2 Å². The molecule has 1 aromatic heterocycles. The highest BCUT2D eigenvalue weighted by atomic mass is 32.2. The first kappa shape index (κ1) is 11.3. The van der Waals surface area contributed by atoms with Gasteiger partial charge in [-0.05, 0) is 36.7 Å². The van der Waals surface area contributed by atoms with E-state index in [9.17, 15) is 0 Å². The summed E-state index contributed by atoms with van der Waals surface area (Å²) in [7, 11) is 0. The van der Waals surface area contributed by atoms with E-state index in [1.807, 2.05) is 12.1 Å². The third-order valence-corrected chi connectivity index (χ3v) is 3.47. The first-order valence-electron chi connectivity index (χ1n) is 5.33. The fourth-order valence-electron chi connectivity index (χ4n) is 1.55. The van der Waals surface area contributed by atoms with Crippen LogP contribution in [0, 0.1) is 0 Å². The molecule has 2 nitrogen and oxygen atoms in total. The van der Waals surface area contributed by atoms with Crippen LogP contribution in [0.25, 0.3) is 0 Å². The molecule has 0 aliphatic rings. The third kappa shape index (κ3) is 2.90. The lowest BCUT2D eigenvalue weighted by atomic mass is 10.1. The van der Waals surface area contributed by atoms with Crippen molar-refractivity contribution in [1.82, 2.24) is 0 Å². The van der Waals surface area contributed by atoms with Crippen LogP contribution in [-0.2, 0) is 12.2 Å². The quantitative estimate of drug-likeness (QED) is 0.807. The Hall–Kier alpha value is -1.19. The third-order valence-electron chi connectivity index (χ3n) is 2.34. The predicted octanol–water partition coefficient (Wildman–Crippen LogP) is 3.07. The van der Waals surface area contributed by atoms with Crippen LogP contribution in [0.3, 0.4) is 0 Å². The van der Waals surface area contributed by atoms with Gasteiger partial charge in [0.1, 0.15) is 5.76 Å². The molecule has 0 saturated heterocycles. The summed E-state index contributed by atoms with van der Waals surface area (Å²) < 4.78 is 5.31. The Kier molecular flexibility index (Phi) is 4.08. The maximum Gasteiger partial charge on any atom is 0.113 e. The molecule has 1 heterocycles. The van der Waals surface area contributed by atoms with Gasteiger partial charge in [0, 0.05) is 4.90 Å². The molecule has 2 N–H and O–H groups in total. The second-order valence-electron chi connectivity index (χ2n) is 3.51. The van der Waals surface area contributed by atoms with E-state index < -0.39 is 0 Å². The molecule has 0 unspecified atom stereocenters. The summed E-state index contributed by atoms with van der Waals surface area (Å²) in [6.07, 6.45) is 2.64. The highest BCUT2D eigenvalue weighted by molar-refractivity contribution is 7.98. The van der Waals surface area contributed by atoms with Gasteiger partial charge in [0.05, 0.1) is 12.0 Å². The summed E-state index contributed by atoms with van der Waals surface area (Å²) >= 11 is 1.80. The maximum absolute atomic E-state index is 5.59. The largest absolute Gasteiger partial charge is 0.468 e. The average molecular weight is 233 g/mol. The van der Waals surface area contributed by atoms with Crippen molar-refractivity contribution in [2.24, 2.45) is 5.73 Å². The first-order chi connectivity index (χ1) is 7.90. The molecule has 2 rings (SSSR count). The van der Waals surface area contributed by atoms with Crippen molar-refractivity contribution in [3.05, 3.63) is 54.0 Å². The predicted molar refractivity (Wildman–Crippen MR) is 67.5 cm³/mol. The molecule has 16 heavy (non-hydrogen) atoms. The van der Waals surface area contributed by atoms with Gasteiger partial charge < -0.3 is 10.2 Å². The molecule has 1 aromatic carbocycles. The zero-order valence-corrected chi connectivity index (χ0v) is 9.87. The number of benzene rings is 1. The van der Waals surface area contributed by atoms with E-state index >= 15 is 0 Å². The Morgan fingerprint density at radius 1 is 1.12 bits per heavy atom. The lowest BCUT2D eigenvalue weighted by Gasteiger charge is -2.06. The van der Waals surface area contributed by atoms with Gasteiger partial charge in [0.25, 0.3) is 0 Å². The highest BCUT2D eigenvalue weighted by Crippen LogP contribution is 2.26. The smallest absolute Gasteiger partial charge is 0.113 e. The fourth-order valence-corrected chi connectivity index (χ4v) is 2.54. The summed E-state index contributed by atoms with van der Waals surface area (Å²) in [6, 6.07) is 12.3. The molecule has 0 aliphatic carbocycles. The minimum atomic E-state index is 0.693. The molecule has 0 amide bonds. The van der Waals surface area contributed by atoms with E-state index in [4.69, 9.17) is 10.2 Å². The van der Waals surface area contributed by atoms with Crippen LogP contribution in [0.5, 0.6) is 0 Å². The Morgan fingerprint density at radius 3 is 2.75 bits per heavy atom. The number of hydrogen-bond acceptors (Lipinski definition) is 3. The van der Waals surface area contributed by atoms with Gasteiger partial charge in [0.15, 0.2) is 0 Å². The zero-order valence-electron chi connectivity index (χ0n) is 9.06. The van der Waals surface area contributed by atoms with Crippen molar-refractivity contribution in [3.63, 3.8) is 0 Å². The summed E-state index contributed by atoms with van der Waals surface area (Å²) in [5.41, 5.74) is 6.91. The molecular weight excluding hydrogens is 218 g/mol. The van der Waals surface area contributed by atoms with Gasteiger partial charge >= 0.3 is 0 Å². The van der Waals surface area contributed by atoms with Crippen LogP contribution in [0.2, 0.25) is 0 Å². The lowest BCUT2D eigenvalue weighted by Crippen LogP contribution is -2.03. The fraction of sp³-hybridized carbons (Fsp3) is 0.231. The minimum Gasteiger partial charge on any atom is -0.468 e. The summed E-state index contributed by atoms with van der Waals surface area (Å²) in [5.74, 6) is 1.88. The highest BCUT2D eigenvalue weighted by Gasteiger charge is 2.03. The summed E-state index contributed by atoms with van der Waals surface area (Å²) in [4.78, 5) is 1.30. The van der Waals surface area contributed by atoms with E-state index in [2.05, 4.69) is 24.3 Å². The second kappa shape index (κ2) is 5.77. The summed E-state index contributed by atoms with van der Waals surface area (Å²) in [5, 5.41) is 0. The molecule has 3 heteroatoms. The van der Waals surface area contributed by atoms with Crippen LogP contribution < -0.4 is 5.73 Å². The maximum atomic E-state index is 5.59. The Bertz CT molecular complexity index is 425. The van der Waals surface area contributed by atoms with Gasteiger partial charge in [-0.15, -0.1) is 11.8 Å². The average Bonchev–Trinajstić information content (AvgIpc) is 2.81. The number of rotatable bonds is 5. The van der Waals surface area contributed by atoms with E-state index in [1.165, 1.54) is 10.5 Å². The number of thioether (sulfide) groups is 1. The zero-order chi connectivity index (χ0) is 11.2.